The third-order valence-corrected chi connectivity index (χ3v) is 19.3. The molecule has 0 saturated heterocycles. The number of rotatable bonds is 27. The number of aliphatic carboxylic acids is 3. The number of carboxylic acid groups (broad SMARTS) is 3. The van der Waals surface area contributed by atoms with Gasteiger partial charge in [0.05, 0.1) is 14.1 Å². The number of benzene rings is 7. The number of carbonyl (C=O) groups is 9. The topological polar surface area (TPSA) is 574 Å². The zero-order chi connectivity index (χ0) is 99.7. The molecule has 0 fully saturated rings. The maximum absolute atomic E-state index is 12.7. The van der Waals surface area contributed by atoms with E-state index in [1.165, 1.54) is 62.6 Å². The number of hydrogen-bond acceptors (Lipinski definition) is 26. The minimum absolute atomic E-state index is 0. The van der Waals surface area contributed by atoms with Crippen molar-refractivity contribution in [3.05, 3.63) is 299 Å². The number of nitroso groups, excluding NO2 is 1. The number of nitrogens with zero attached hydrogens (tertiary/aromatic N) is 4. The molecule has 10 aromatic rings. The van der Waals surface area contributed by atoms with E-state index in [-0.39, 0.29) is 132 Å². The Morgan fingerprint density at radius 1 is 0.511 bits per heavy atom. The van der Waals surface area contributed by atoms with Gasteiger partial charge < -0.3 is 90.3 Å². The Morgan fingerprint density at radius 2 is 0.782 bits per heavy atom. The van der Waals surface area contributed by atoms with Crippen molar-refractivity contribution in [3.63, 3.8) is 0 Å². The summed E-state index contributed by atoms with van der Waals surface area (Å²) < 4.78 is 39.6. The molecule has 5 atom stereocenters. The van der Waals surface area contributed by atoms with Crippen LogP contribution in [0.3, 0.4) is 0 Å². The molecular formula is C83H96BCl4IN15Na2O21S5U. The van der Waals surface area contributed by atoms with Crippen LogP contribution in [0.25, 0.3) is 17.1 Å². The normalized spacial score (nSPS) is 10.8. The van der Waals surface area contributed by atoms with Crippen molar-refractivity contribution < 1.29 is 172 Å². The number of carboxylic acids is 3. The molecule has 7 aromatic carbocycles. The van der Waals surface area contributed by atoms with Crippen LogP contribution in [-0.4, -0.2) is 198 Å². The fourth-order valence-electron chi connectivity index (χ4n) is 9.01. The Bertz CT molecular complexity index is 5450. The molecule has 0 aliphatic rings. The van der Waals surface area contributed by atoms with Crippen molar-refractivity contribution in [2.75, 3.05) is 97.6 Å². The molecule has 0 bridgehead atoms. The quantitative estimate of drug-likeness (QED) is 0.00396. The Morgan fingerprint density at radius 3 is 1.04 bits per heavy atom. The Hall–Kier alpha value is -8.38. The molecule has 17 N–H and O–H groups in total. The number of hydrogen-bond donors (Lipinski definition) is 15. The smallest absolute Gasteiger partial charge is 0.855 e. The van der Waals surface area contributed by atoms with Crippen molar-refractivity contribution >= 4 is 229 Å². The molecule has 50 heteroatoms. The van der Waals surface area contributed by atoms with E-state index in [9.17, 15) is 66.1 Å². The Labute approximate surface area is 891 Å². The van der Waals surface area contributed by atoms with Crippen LogP contribution >= 0.6 is 117 Å². The maximum Gasteiger partial charge on any atom is 1.00 e. The van der Waals surface area contributed by atoms with Crippen molar-refractivity contribution in [1.82, 2.24) is 29.7 Å². The third-order valence-electron chi connectivity index (χ3n) is 14.9. The number of urea groups is 3. The number of alkyl halides is 1. The molecule has 3 heterocycles. The summed E-state index contributed by atoms with van der Waals surface area (Å²) in [5.74, 6) is -3.26. The number of nitrogens with one attached hydrogen (secondary N) is 8. The second-order valence-electron chi connectivity index (χ2n) is 24.8. The number of pyridine rings is 3. The molecule has 0 saturated carbocycles. The molecule has 0 aliphatic carbocycles. The van der Waals surface area contributed by atoms with Gasteiger partial charge in [0.25, 0.3) is 23.2 Å². The number of nitrogens with two attached hydrogens (primary N) is 3. The summed E-state index contributed by atoms with van der Waals surface area (Å²) in [6, 6.07) is 54.7. The van der Waals surface area contributed by atoms with E-state index in [0.717, 1.165) is 11.9 Å². The van der Waals surface area contributed by atoms with Gasteiger partial charge in [0.2, 0.25) is 11.8 Å². The fraction of sp³-hybridized carbons (Fsp3) is 0.205. The molecule has 1 radical (unpaired) electrons. The van der Waals surface area contributed by atoms with E-state index < -0.39 is 87.7 Å². The molecule has 3 aromatic heterocycles. The number of anilines is 6. The third kappa shape index (κ3) is 58.0. The number of halogens is 5. The molecule has 0 spiro atoms. The molecule has 0 unspecified atom stereocenters. The van der Waals surface area contributed by atoms with Crippen molar-refractivity contribution in [2.45, 2.75) is 37.1 Å². The fourth-order valence-corrected chi connectivity index (χ4v) is 12.1. The van der Waals surface area contributed by atoms with Crippen LogP contribution in [0.2, 0.25) is 20.1 Å². The number of aromatic nitrogens is 3. The van der Waals surface area contributed by atoms with Crippen LogP contribution in [0.5, 0.6) is 0 Å². The zero-order valence-electron chi connectivity index (χ0n) is 74.6. The predicted octanol–water partition coefficient (Wildman–Crippen LogP) is 4.12. The average Bonchev–Trinajstić information content (AvgIpc) is 0.840. The Balaban J connectivity index is -0.000000768. The van der Waals surface area contributed by atoms with Crippen LogP contribution in [0.4, 0.5) is 54.2 Å². The van der Waals surface area contributed by atoms with Crippen LogP contribution in [0.1, 0.15) is 6.92 Å². The first-order valence-electron chi connectivity index (χ1n) is 38.0. The minimum atomic E-state index is -3.59. The van der Waals surface area contributed by atoms with Gasteiger partial charge in [0, 0.05) is 168 Å². The first-order valence-corrected chi connectivity index (χ1v) is 47.4. The molecule has 0 aliphatic heterocycles. The Kier molecular flexibility index (Phi) is 72.2. The van der Waals surface area contributed by atoms with Gasteiger partial charge in [-0.1, -0.05) is 94.1 Å². The summed E-state index contributed by atoms with van der Waals surface area (Å²) >= 11 is 32.9. The van der Waals surface area contributed by atoms with Crippen molar-refractivity contribution in [3.8, 4) is 17.1 Å². The van der Waals surface area contributed by atoms with Gasteiger partial charge in [0.15, 0.2) is 0 Å². The van der Waals surface area contributed by atoms with E-state index in [1.807, 2.05) is 35.6 Å². The first-order chi connectivity index (χ1) is 62.8. The zero-order valence-corrected chi connectivity index (χ0v) is 90.1. The summed E-state index contributed by atoms with van der Waals surface area (Å²) in [5.41, 5.74) is 20.9. The number of thiol groups is 1. The molecule has 8 amide bonds. The predicted molar refractivity (Wildman–Crippen MR) is 531 cm³/mol. The van der Waals surface area contributed by atoms with Gasteiger partial charge in [-0.05, 0) is 220 Å². The summed E-state index contributed by atoms with van der Waals surface area (Å²) in [5, 5.41) is 67.9. The number of nitrogen functional groups attached to an aromatic ring is 1. The monoisotopic (exact) mass is 2360 g/mol. The number of thioether (sulfide) groups is 3. The number of sulfone groups is 1. The van der Waals surface area contributed by atoms with E-state index in [0.29, 0.717) is 96.9 Å². The summed E-state index contributed by atoms with van der Waals surface area (Å²) in [6.45, 7) is 1.39. The standard InChI is InChI=1S/C22H21ClN4O5S.C22H21ClN4O3S.C11H13ClN2O3S.C11H10N2O.C6H4ClNO.C4H9NO2S.C3H7NO2S.C2H5O.CH3I.CH2O3.BH2.2Na.U/c1-33(31,32)14-19(26-22(30)25-17-7-5-15(23)6-8-17)21(29)24-16-9-11-18(12-10-16)27-13-3-2-4-20(27)28;1-31-14-19(26-22(30)25-17-7-5-15(23)6-8-17)21(29)24-16-9-11-18(12-10-16)27-13-3-2-4-20(27)28;1-18-6-9(10(15)16)14-11(17)13-8-4-2-7(12)3-5-8;12-9-4-6-10(7-5-9)13-8-2-1-3-11(13)14;7-5-1-3-6(8-9)4-2-5;1-8-2-3(5)4(6)7;4-2(1-7)3(5)6;1-2-3;1-2;2-1-4-3;;;;/h2-13,19H,14H2,1H3,(H,24,29)(H2,25,26,30);2-13,19H,14H2,1H3,(H,24,29)(H2,25,26,30);2-5,9H,6H2,1H3,(H,15,16)(H2,13,14,17);1-8H,12H2;1-4H;3H,2,5H2,1H3,(H,6,7);2,7H,1,4H2,(H,5,6);2H2,1H3;1H3;1,3H;1H2;;;/q;;;;;;;-1;;;;2*+1;/p-1/t2*19-;9-;;;3-;2-;;;;;;;/m111..11......./s1/i;;;;;;;;;;1T2;;;. The average molecular weight is 2370 g/mol. The van der Waals surface area contributed by atoms with Crippen LogP contribution in [0.15, 0.2) is 263 Å². The van der Waals surface area contributed by atoms with E-state index in [4.69, 9.17) is 96.8 Å². The molecule has 10 rings (SSSR count). The molecular weight excluding hydrogens is 2270 g/mol. The van der Waals surface area contributed by atoms with E-state index >= 15 is 0 Å². The molecule has 36 nitrogen and oxygen atoms in total. The number of carbonyl (C=O) groups excluding carboxylic acids is 6. The largest absolute Gasteiger partial charge is 1.00 e. The first kappa shape index (κ1) is 127. The molecule has 703 valence electrons. The number of amides is 8. The van der Waals surface area contributed by atoms with Gasteiger partial charge in [-0.2, -0.15) is 47.9 Å². The van der Waals surface area contributed by atoms with Gasteiger partial charge in [0.1, 0.15) is 45.7 Å². The summed E-state index contributed by atoms with van der Waals surface area (Å²) in [4.78, 5) is 151. The van der Waals surface area contributed by atoms with Gasteiger partial charge in [-0.15, -0.1) is 11.5 Å². The van der Waals surface area contributed by atoms with E-state index in [1.54, 1.807) is 224 Å². The SMILES string of the molecule is CC[O-].CI.CS(=O)(=O)C[C@@H](NC(=O)Nc1ccc(Cl)cc1)C(=O)Nc1ccc(-n2ccccc2=O)cc1.CSC[C@@H](N)C(=O)O.CSC[C@@H](NC(=O)Nc1ccc(Cl)cc1)C(=O)Nc1ccc(-n2ccccc2=O)cc1.CSC[C@@H](NC(=O)Nc1ccc(Cl)cc1)C(=O)O.N[C@H](CS)C(=O)O.Nc1ccc(-n2ccccc2=O)cc1.O=CO[O-].O=Nc1ccc(Cl)cc1.[3H][B][3H].[Na+].[Na+].[U]. The van der Waals surface area contributed by atoms with Crippen molar-refractivity contribution in [1.29, 1.82) is 2.67 Å². The van der Waals surface area contributed by atoms with Crippen LogP contribution < -0.4 is 146 Å². The van der Waals surface area contributed by atoms with Gasteiger partial charge >= 0.3 is 95.1 Å². The second-order valence-corrected chi connectivity index (χ2v) is 31.8. The van der Waals surface area contributed by atoms with Gasteiger partial charge in [-0.25, -0.2) is 27.6 Å². The van der Waals surface area contributed by atoms with E-state index in [2.05, 4.69) is 87.8 Å². The maximum atomic E-state index is 12.7. The van der Waals surface area contributed by atoms with Crippen LogP contribution in [-0.2, 0) is 43.5 Å². The summed E-state index contributed by atoms with van der Waals surface area (Å²) in [6.07, 6.45) is 11.4. The van der Waals surface area contributed by atoms with Gasteiger partial charge in [-0.3, -0.25) is 52.1 Å². The van der Waals surface area contributed by atoms with Crippen molar-refractivity contribution in [2.24, 2.45) is 16.6 Å². The molecule has 133 heavy (non-hydrogen) atoms. The summed E-state index contributed by atoms with van der Waals surface area (Å²) in [7, 11) is -3.09. The second kappa shape index (κ2) is 75.8. The minimum Gasteiger partial charge on any atom is -0.855 e. The van der Waals surface area contributed by atoms with Crippen LogP contribution in [0, 0.1) is 36.0 Å².